The van der Waals surface area contributed by atoms with Crippen LogP contribution >= 0.6 is 11.3 Å². The van der Waals surface area contributed by atoms with Crippen molar-refractivity contribution in [1.82, 2.24) is 0 Å². The van der Waals surface area contributed by atoms with Crippen molar-refractivity contribution in [1.29, 1.82) is 0 Å². The van der Waals surface area contributed by atoms with Crippen LogP contribution in [0.4, 0.5) is 27.0 Å². The minimum absolute atomic E-state index is 0.0339. The lowest BCUT2D eigenvalue weighted by molar-refractivity contribution is 0.0601. The molecule has 1 aromatic heterocycles. The fourth-order valence-corrected chi connectivity index (χ4v) is 4.52. The number of benzene rings is 1. The minimum Gasteiger partial charge on any atom is -0.465 e. The lowest BCUT2D eigenvalue weighted by atomic mass is 9.88. The summed E-state index contributed by atoms with van der Waals surface area (Å²) in [6.07, 6.45) is 1.96. The van der Waals surface area contributed by atoms with Crippen molar-refractivity contribution < 1.29 is 36.3 Å². The van der Waals surface area contributed by atoms with Crippen LogP contribution in [-0.4, -0.2) is 19.0 Å². The second-order valence-corrected chi connectivity index (χ2v) is 7.55. The van der Waals surface area contributed by atoms with Crippen LogP contribution in [0.2, 0.25) is 0 Å². The predicted molar refractivity (Wildman–Crippen MR) is 91.0 cm³/mol. The van der Waals surface area contributed by atoms with Crippen molar-refractivity contribution in [2.75, 3.05) is 12.4 Å². The average Bonchev–Trinajstić information content (AvgIpc) is 3.00. The van der Waals surface area contributed by atoms with Gasteiger partial charge >= 0.3 is 5.97 Å². The molecule has 1 atom stereocenters. The van der Waals surface area contributed by atoms with Crippen LogP contribution in [-0.2, 0) is 17.6 Å². The molecule has 28 heavy (non-hydrogen) atoms. The number of anilines is 1. The van der Waals surface area contributed by atoms with Gasteiger partial charge in [0, 0.05) is 4.88 Å². The van der Waals surface area contributed by atoms with E-state index in [1.54, 1.807) is 0 Å². The molecule has 0 saturated heterocycles. The van der Waals surface area contributed by atoms with E-state index in [-0.39, 0.29) is 10.6 Å². The van der Waals surface area contributed by atoms with Crippen molar-refractivity contribution in [2.24, 2.45) is 5.92 Å². The van der Waals surface area contributed by atoms with Crippen molar-refractivity contribution >= 4 is 28.2 Å². The van der Waals surface area contributed by atoms with Gasteiger partial charge in [-0.3, -0.25) is 4.79 Å². The predicted octanol–water partition coefficient (Wildman–Crippen LogP) is 4.61. The fraction of sp³-hybridized carbons (Fsp3) is 0.333. The van der Waals surface area contributed by atoms with Gasteiger partial charge in [0.05, 0.1) is 12.7 Å². The number of hydrogen-bond acceptors (Lipinski definition) is 4. The van der Waals surface area contributed by atoms with Crippen molar-refractivity contribution in [3.63, 3.8) is 0 Å². The van der Waals surface area contributed by atoms with E-state index >= 15 is 0 Å². The summed E-state index contributed by atoms with van der Waals surface area (Å²) in [5.41, 5.74) is -0.929. The van der Waals surface area contributed by atoms with Gasteiger partial charge in [-0.1, -0.05) is 6.92 Å². The van der Waals surface area contributed by atoms with Gasteiger partial charge in [0.1, 0.15) is 10.6 Å². The summed E-state index contributed by atoms with van der Waals surface area (Å²) in [4.78, 5) is 25.3. The topological polar surface area (TPSA) is 55.4 Å². The van der Waals surface area contributed by atoms with Gasteiger partial charge in [-0.15, -0.1) is 11.3 Å². The number of amides is 1. The molecule has 0 radical (unpaired) electrons. The lowest BCUT2D eigenvalue weighted by Gasteiger charge is -2.18. The number of carbonyl (C=O) groups is 2. The third kappa shape index (κ3) is 3.25. The zero-order valence-electron chi connectivity index (χ0n) is 14.7. The number of halogens is 5. The van der Waals surface area contributed by atoms with E-state index in [9.17, 15) is 31.5 Å². The largest absolute Gasteiger partial charge is 0.465 e. The van der Waals surface area contributed by atoms with E-state index in [4.69, 9.17) is 4.74 Å². The normalized spacial score (nSPS) is 15.9. The molecule has 1 aromatic carbocycles. The highest BCUT2D eigenvalue weighted by atomic mass is 32.1. The molecule has 1 heterocycles. The van der Waals surface area contributed by atoms with Crippen LogP contribution in [0, 0.1) is 35.0 Å². The molecule has 3 rings (SSSR count). The first kappa shape index (κ1) is 20.2. The van der Waals surface area contributed by atoms with Crippen LogP contribution < -0.4 is 5.32 Å². The highest BCUT2D eigenvalue weighted by molar-refractivity contribution is 7.17. The first-order valence-corrected chi connectivity index (χ1v) is 9.04. The Labute approximate surface area is 160 Å². The molecule has 2 aromatic rings. The Morgan fingerprint density at radius 2 is 1.57 bits per heavy atom. The number of ether oxygens (including phenoxy) is 1. The number of carbonyl (C=O) groups excluding carboxylic acids is 2. The summed E-state index contributed by atoms with van der Waals surface area (Å²) in [5.74, 6) is -13.3. The molecule has 4 nitrogen and oxygen atoms in total. The second-order valence-electron chi connectivity index (χ2n) is 6.45. The molecule has 0 unspecified atom stereocenters. The van der Waals surface area contributed by atoms with E-state index in [0.717, 1.165) is 29.7 Å². The fourth-order valence-electron chi connectivity index (χ4n) is 3.13. The highest BCUT2D eigenvalue weighted by Crippen LogP contribution is 2.40. The summed E-state index contributed by atoms with van der Waals surface area (Å²) < 4.78 is 72.4. The summed E-state index contributed by atoms with van der Waals surface area (Å²) in [5, 5.41) is 2.06. The molecule has 0 bridgehead atoms. The number of nitrogens with one attached hydrogen (secondary N) is 1. The maximum absolute atomic E-state index is 13.9. The molecule has 0 saturated carbocycles. The van der Waals surface area contributed by atoms with E-state index in [1.807, 2.05) is 6.92 Å². The number of fused-ring (bicyclic) bond motifs is 1. The third-order valence-corrected chi connectivity index (χ3v) is 5.73. The Hall–Kier alpha value is -2.49. The van der Waals surface area contributed by atoms with Crippen LogP contribution in [0.25, 0.3) is 0 Å². The van der Waals surface area contributed by atoms with Gasteiger partial charge in [0.15, 0.2) is 23.3 Å². The van der Waals surface area contributed by atoms with Gasteiger partial charge in [-0.25, -0.2) is 26.7 Å². The Morgan fingerprint density at radius 3 is 2.14 bits per heavy atom. The van der Waals surface area contributed by atoms with Gasteiger partial charge < -0.3 is 10.1 Å². The number of methoxy groups -OCH3 is 1. The quantitative estimate of drug-likeness (QED) is 0.342. The molecule has 1 aliphatic rings. The van der Waals surface area contributed by atoms with E-state index in [0.29, 0.717) is 24.3 Å². The average molecular weight is 419 g/mol. The minimum atomic E-state index is -2.36. The third-order valence-electron chi connectivity index (χ3n) is 4.57. The molecule has 0 aliphatic heterocycles. The first-order valence-electron chi connectivity index (χ1n) is 8.22. The van der Waals surface area contributed by atoms with Gasteiger partial charge in [0.25, 0.3) is 5.91 Å². The zero-order chi connectivity index (χ0) is 20.7. The molecule has 10 heteroatoms. The van der Waals surface area contributed by atoms with Gasteiger partial charge in [-0.05, 0) is 30.7 Å². The number of esters is 1. The molecule has 0 spiro atoms. The Bertz CT molecular complexity index is 959. The van der Waals surface area contributed by atoms with Crippen molar-refractivity contribution in [2.45, 2.75) is 26.2 Å². The Balaban J connectivity index is 2.06. The smallest absolute Gasteiger partial charge is 0.341 e. The van der Waals surface area contributed by atoms with Crippen molar-refractivity contribution in [3.8, 4) is 0 Å². The SMILES string of the molecule is COC(=O)c1c(NC(=O)c2c(F)c(F)c(F)c(F)c2F)sc2c1CC[C@H](C)C2. The molecule has 1 amide bonds. The van der Waals surface area contributed by atoms with Crippen LogP contribution in [0.1, 0.15) is 44.5 Å². The maximum atomic E-state index is 13.9. The maximum Gasteiger partial charge on any atom is 0.341 e. The monoisotopic (exact) mass is 419 g/mol. The number of hydrogen-bond donors (Lipinski definition) is 1. The van der Waals surface area contributed by atoms with Crippen LogP contribution in [0.15, 0.2) is 0 Å². The number of rotatable bonds is 3. The lowest BCUT2D eigenvalue weighted by Crippen LogP contribution is -2.20. The molecular formula is C18H14F5NO3S. The van der Waals surface area contributed by atoms with Gasteiger partial charge in [-0.2, -0.15) is 0 Å². The van der Waals surface area contributed by atoms with E-state index in [2.05, 4.69) is 5.32 Å². The molecule has 150 valence electrons. The Morgan fingerprint density at radius 1 is 1.00 bits per heavy atom. The summed E-state index contributed by atoms with van der Waals surface area (Å²) in [6.45, 7) is 2.01. The van der Waals surface area contributed by atoms with Gasteiger partial charge in [0.2, 0.25) is 5.82 Å². The number of thiophene rings is 1. The van der Waals surface area contributed by atoms with Crippen LogP contribution in [0.5, 0.6) is 0 Å². The van der Waals surface area contributed by atoms with Crippen molar-refractivity contribution in [3.05, 3.63) is 50.7 Å². The zero-order valence-corrected chi connectivity index (χ0v) is 15.5. The highest BCUT2D eigenvalue weighted by Gasteiger charge is 2.33. The first-order chi connectivity index (χ1) is 13.2. The molecular weight excluding hydrogens is 405 g/mol. The summed E-state index contributed by atoms with van der Waals surface area (Å²) in [6, 6.07) is 0. The van der Waals surface area contributed by atoms with E-state index < -0.39 is 46.5 Å². The Kier molecular flexibility index (Phi) is 5.42. The summed E-state index contributed by atoms with van der Waals surface area (Å²) in [7, 11) is 1.13. The second kappa shape index (κ2) is 7.50. The molecule has 1 aliphatic carbocycles. The standard InChI is InChI=1S/C18H14F5NO3S/c1-6-3-4-7-8(5-6)28-17(9(7)18(26)27-2)24-16(25)10-11(19)13(21)15(23)14(22)12(10)20/h6H,3-5H2,1-2H3,(H,24,25)/t6-/m0/s1. The summed E-state index contributed by atoms with van der Waals surface area (Å²) >= 11 is 1.02. The van der Waals surface area contributed by atoms with E-state index in [1.165, 1.54) is 0 Å². The van der Waals surface area contributed by atoms with Crippen LogP contribution in [0.3, 0.4) is 0 Å². The molecule has 0 fully saturated rings. The molecule has 1 N–H and O–H groups in total.